The molecular formula is C30H35ClF2N5O6+. The van der Waals surface area contributed by atoms with Gasteiger partial charge < -0.3 is 25.6 Å². The molecule has 0 bridgehead atoms. The van der Waals surface area contributed by atoms with Crippen molar-refractivity contribution in [3.8, 4) is 0 Å². The molecule has 11 nitrogen and oxygen atoms in total. The number of halogens is 3. The molecule has 0 saturated carbocycles. The molecule has 0 aliphatic carbocycles. The van der Waals surface area contributed by atoms with Gasteiger partial charge in [0.1, 0.15) is 6.04 Å². The Hall–Kier alpha value is -4.07. The van der Waals surface area contributed by atoms with Gasteiger partial charge in [0.05, 0.1) is 17.9 Å². The van der Waals surface area contributed by atoms with Crippen molar-refractivity contribution in [2.75, 3.05) is 45.2 Å². The minimum atomic E-state index is -1.46. The molecule has 44 heavy (non-hydrogen) atoms. The number of nitrogens with one attached hydrogen (secondary N) is 3. The van der Waals surface area contributed by atoms with Gasteiger partial charge in [-0.2, -0.15) is 4.29 Å². The Bertz CT molecular complexity index is 1430. The van der Waals surface area contributed by atoms with Crippen LogP contribution in [-0.2, 0) is 18.6 Å². The van der Waals surface area contributed by atoms with Gasteiger partial charge in [-0.1, -0.05) is 18.2 Å². The van der Waals surface area contributed by atoms with Gasteiger partial charge in [-0.25, -0.2) is 28.1 Å². The molecule has 1 atom stereocenters. The van der Waals surface area contributed by atoms with Crippen LogP contribution in [0.5, 0.6) is 0 Å². The minimum absolute atomic E-state index is 0.0172. The van der Waals surface area contributed by atoms with E-state index in [1.165, 1.54) is 25.7 Å². The second-order valence-corrected chi connectivity index (χ2v) is 10.7. The number of hydrogen-bond donors (Lipinski definition) is 3. The monoisotopic (exact) mass is 634 g/mol. The van der Waals surface area contributed by atoms with Crippen molar-refractivity contribution in [2.24, 2.45) is 0 Å². The summed E-state index contributed by atoms with van der Waals surface area (Å²) in [5.74, 6) is -3.16. The van der Waals surface area contributed by atoms with E-state index in [9.17, 15) is 28.0 Å². The van der Waals surface area contributed by atoms with Crippen molar-refractivity contribution in [1.82, 2.24) is 20.4 Å². The average Bonchev–Trinajstić information content (AvgIpc) is 3.00. The molecule has 1 saturated heterocycles. The summed E-state index contributed by atoms with van der Waals surface area (Å²) < 4.78 is 37.5. The zero-order chi connectivity index (χ0) is 31.8. The molecule has 2 aliphatic rings. The molecule has 2 aliphatic heterocycles. The Morgan fingerprint density at radius 2 is 1.82 bits per heavy atom. The maximum absolute atomic E-state index is 14.2. The molecule has 236 valence electrons. The third kappa shape index (κ3) is 7.90. The van der Waals surface area contributed by atoms with Gasteiger partial charge in [-0.3, -0.25) is 4.79 Å². The summed E-state index contributed by atoms with van der Waals surface area (Å²) in [5.41, 5.74) is 1.66. The van der Waals surface area contributed by atoms with Gasteiger partial charge in [0.15, 0.2) is 11.6 Å². The van der Waals surface area contributed by atoms with E-state index in [-0.39, 0.29) is 35.9 Å². The topological polar surface area (TPSA) is 129 Å². The van der Waals surface area contributed by atoms with E-state index in [2.05, 4.69) is 43.1 Å². The molecule has 1 unspecified atom stereocenters. The van der Waals surface area contributed by atoms with Crippen LogP contribution in [0.25, 0.3) is 0 Å². The standard InChI is InChI=1S/C30H34ClF2N5O6/c1-18(39)35-22-6-3-5-20(15-22)19-9-13-37(14-10-19)12-4-11-34-29(41)38-27(21-7-8-23(32)24(33)16-21)26(28(40)44-31)25(17-43-2)36-30(38)42/h3,5-8,15-16,19,27,31H,4,9-14,17H2,1-2H3,(H2-,34,35,36,39,40,41,42)/p+1. The molecule has 5 amide bonds. The first-order chi connectivity index (χ1) is 21.1. The van der Waals surface area contributed by atoms with Gasteiger partial charge in [0.25, 0.3) is 0 Å². The fourth-order valence-electron chi connectivity index (χ4n) is 5.56. The second kappa shape index (κ2) is 15.1. The number of carbonyl (C=O) groups excluding carboxylic acids is 4. The molecule has 2 aromatic rings. The number of anilines is 1. The van der Waals surface area contributed by atoms with Crippen LogP contribution in [0, 0.1) is 23.5 Å². The Labute approximate surface area is 258 Å². The van der Waals surface area contributed by atoms with Gasteiger partial charge in [-0.15, -0.1) is 0 Å². The minimum Gasteiger partial charge on any atom is -0.378 e. The first-order valence-corrected chi connectivity index (χ1v) is 14.4. The number of hydrogen-bond acceptors (Lipinski definition) is 7. The number of rotatable bonds is 10. The summed E-state index contributed by atoms with van der Waals surface area (Å²) in [6, 6.07) is 7.49. The van der Waals surface area contributed by atoms with Crippen molar-refractivity contribution in [3.05, 3.63) is 76.5 Å². The highest BCUT2D eigenvalue weighted by molar-refractivity contribution is 6.01. The predicted octanol–water partition coefficient (Wildman–Crippen LogP) is 3.61. The molecule has 4 rings (SSSR count). The number of imide groups is 1. The third-order valence-corrected chi connectivity index (χ3v) is 7.74. The number of carbonyl (C=O) groups is 4. The molecule has 2 aromatic carbocycles. The Balaban J connectivity index is 1.38. The number of urea groups is 2. The summed E-state index contributed by atoms with van der Waals surface area (Å²) in [6.07, 6.45) is 2.46. The largest absolute Gasteiger partial charge is 0.407 e. The Kier molecular flexibility index (Phi) is 11.3. The third-order valence-electron chi connectivity index (χ3n) is 7.59. The fraction of sp³-hybridized carbons (Fsp3) is 0.400. The Morgan fingerprint density at radius 3 is 2.48 bits per heavy atom. The van der Waals surface area contributed by atoms with Crippen LogP contribution < -0.4 is 16.0 Å². The van der Waals surface area contributed by atoms with E-state index in [0.717, 1.165) is 43.8 Å². The maximum atomic E-state index is 14.2. The van der Waals surface area contributed by atoms with Crippen LogP contribution in [0.3, 0.4) is 0 Å². The fourth-order valence-corrected chi connectivity index (χ4v) is 5.65. The van der Waals surface area contributed by atoms with Crippen molar-refractivity contribution in [2.45, 2.75) is 38.1 Å². The van der Waals surface area contributed by atoms with Crippen LogP contribution >= 0.6 is 0 Å². The number of benzene rings is 2. The van der Waals surface area contributed by atoms with Crippen LogP contribution in [0.2, 0.25) is 0 Å². The molecule has 2 heterocycles. The van der Waals surface area contributed by atoms with Crippen LogP contribution in [0.15, 0.2) is 53.7 Å². The lowest BCUT2D eigenvalue weighted by Gasteiger charge is -2.36. The van der Waals surface area contributed by atoms with E-state index in [4.69, 9.17) is 4.74 Å². The van der Waals surface area contributed by atoms with E-state index in [1.54, 1.807) is 0 Å². The molecule has 0 aromatic heterocycles. The summed E-state index contributed by atoms with van der Waals surface area (Å²) in [4.78, 5) is 53.6. The zero-order valence-corrected chi connectivity index (χ0v) is 25.2. The molecule has 1 fully saturated rings. The van der Waals surface area contributed by atoms with E-state index >= 15 is 0 Å². The van der Waals surface area contributed by atoms with Crippen molar-refractivity contribution < 1.29 is 48.9 Å². The van der Waals surface area contributed by atoms with Gasteiger partial charge in [0, 0.05) is 26.3 Å². The highest BCUT2D eigenvalue weighted by Crippen LogP contribution is 2.35. The quantitative estimate of drug-likeness (QED) is 0.341. The SMILES string of the molecule is COCC1=C(C(=O)O[ClH+])C(c2ccc(F)c(F)c2)N(C(=O)NCCCN2CCC(c3cccc(NC(C)=O)c3)CC2)C(=O)N1. The van der Waals surface area contributed by atoms with Gasteiger partial charge in [0.2, 0.25) is 5.91 Å². The lowest BCUT2D eigenvalue weighted by atomic mass is 9.89. The lowest BCUT2D eigenvalue weighted by Crippen LogP contribution is -2.55. The van der Waals surface area contributed by atoms with Gasteiger partial charge >= 0.3 is 29.9 Å². The first-order valence-electron chi connectivity index (χ1n) is 14.1. The highest BCUT2D eigenvalue weighted by Gasteiger charge is 2.44. The predicted molar refractivity (Wildman–Crippen MR) is 153 cm³/mol. The van der Waals surface area contributed by atoms with Crippen LogP contribution in [0.4, 0.5) is 24.1 Å². The molecule has 14 heteroatoms. The number of likely N-dealkylation sites (tertiary alicyclic amines) is 1. The number of amides is 5. The number of nitrogens with zero attached hydrogens (tertiary/aromatic N) is 2. The lowest BCUT2D eigenvalue weighted by molar-refractivity contribution is -0.656. The zero-order valence-electron chi connectivity index (χ0n) is 24.4. The van der Waals surface area contributed by atoms with Crippen molar-refractivity contribution >= 4 is 29.6 Å². The molecule has 0 radical (unpaired) electrons. The molecule has 0 spiro atoms. The number of methoxy groups -OCH3 is 1. The number of piperidine rings is 1. The van der Waals surface area contributed by atoms with E-state index in [0.29, 0.717) is 23.8 Å². The summed E-state index contributed by atoms with van der Waals surface area (Å²) in [7, 11) is 1.33. The first kappa shape index (κ1) is 32.8. The van der Waals surface area contributed by atoms with Crippen LogP contribution in [-0.4, -0.2) is 73.6 Å². The van der Waals surface area contributed by atoms with E-state index < -0.39 is 35.7 Å². The average molecular weight is 635 g/mol. The highest BCUT2D eigenvalue weighted by atomic mass is 35.5. The number of ether oxygens (including phenoxy) is 1. The molecule has 3 N–H and O–H groups in total. The summed E-state index contributed by atoms with van der Waals surface area (Å²) in [6.45, 7) is 3.86. The summed E-state index contributed by atoms with van der Waals surface area (Å²) in [5, 5.41) is 7.96. The Morgan fingerprint density at radius 1 is 1.07 bits per heavy atom. The van der Waals surface area contributed by atoms with Gasteiger partial charge in [-0.05, 0) is 80.2 Å². The maximum Gasteiger partial charge on any atom is 0.407 e. The van der Waals surface area contributed by atoms with Crippen LogP contribution in [0.1, 0.15) is 49.3 Å². The smallest absolute Gasteiger partial charge is 0.378 e. The second-order valence-electron chi connectivity index (χ2n) is 10.6. The summed E-state index contributed by atoms with van der Waals surface area (Å²) >= 11 is 4.47. The van der Waals surface area contributed by atoms with Crippen molar-refractivity contribution in [3.63, 3.8) is 0 Å². The van der Waals surface area contributed by atoms with Crippen molar-refractivity contribution in [1.29, 1.82) is 0 Å². The molecular weight excluding hydrogens is 600 g/mol. The van der Waals surface area contributed by atoms with E-state index in [1.807, 2.05) is 18.2 Å². The normalized spacial score (nSPS) is 17.7.